The van der Waals surface area contributed by atoms with Crippen LogP contribution >= 0.6 is 27.3 Å². The number of furan rings is 1. The van der Waals surface area contributed by atoms with Gasteiger partial charge in [-0.25, -0.2) is 0 Å². The Kier molecular flexibility index (Phi) is 8.00. The van der Waals surface area contributed by atoms with E-state index in [2.05, 4.69) is 21.2 Å². The Morgan fingerprint density at radius 2 is 2.13 bits per heavy atom. The van der Waals surface area contributed by atoms with Crippen molar-refractivity contribution in [3.05, 3.63) is 78.0 Å². The lowest BCUT2D eigenvalue weighted by Gasteiger charge is -2.04. The summed E-state index contributed by atoms with van der Waals surface area (Å²) in [5.74, 6) is 0.00870. The van der Waals surface area contributed by atoms with Crippen molar-refractivity contribution in [3.63, 3.8) is 0 Å². The molecule has 2 heterocycles. The molecule has 0 aliphatic rings. The second kappa shape index (κ2) is 10.9. The van der Waals surface area contributed by atoms with E-state index < -0.39 is 5.91 Å². The van der Waals surface area contributed by atoms with Crippen LogP contribution in [0.5, 0.6) is 0 Å². The fraction of sp³-hybridized carbons (Fsp3) is 0.227. The average Bonchev–Trinajstić information content (AvgIpc) is 3.39. The minimum atomic E-state index is -0.559. The monoisotopic (exact) mass is 501 g/mol. The maximum atomic E-state index is 13.1. The van der Waals surface area contributed by atoms with Crippen molar-refractivity contribution in [3.8, 4) is 6.07 Å². The molecule has 7 nitrogen and oxygen atoms in total. The molecule has 0 aliphatic heterocycles. The van der Waals surface area contributed by atoms with Crippen LogP contribution in [0, 0.1) is 11.3 Å². The molecule has 0 saturated carbocycles. The Morgan fingerprint density at radius 1 is 1.35 bits per heavy atom. The van der Waals surface area contributed by atoms with E-state index in [-0.39, 0.29) is 17.7 Å². The number of halogens is 1. The van der Waals surface area contributed by atoms with Gasteiger partial charge < -0.3 is 14.5 Å². The molecule has 1 amide bonds. The Labute approximate surface area is 191 Å². The Morgan fingerprint density at radius 3 is 2.77 bits per heavy atom. The van der Waals surface area contributed by atoms with Crippen molar-refractivity contribution in [2.45, 2.75) is 19.5 Å². The molecule has 3 rings (SSSR count). The molecule has 0 saturated heterocycles. The molecule has 2 aromatic heterocycles. The largest absolute Gasteiger partial charge is 0.467 e. The summed E-state index contributed by atoms with van der Waals surface area (Å²) in [6.45, 7) is 0.942. The lowest BCUT2D eigenvalue weighted by atomic mass is 10.2. The topological polar surface area (TPSA) is 97.3 Å². The number of amides is 1. The van der Waals surface area contributed by atoms with E-state index in [4.69, 9.17) is 9.15 Å². The second-order valence-corrected chi connectivity index (χ2v) is 8.47. The van der Waals surface area contributed by atoms with Gasteiger partial charge in [-0.15, -0.1) is 11.3 Å². The number of hydrogen-bond donors (Lipinski definition) is 1. The molecule has 1 N–H and O–H groups in total. The first-order chi connectivity index (χ1) is 15.0. The van der Waals surface area contributed by atoms with E-state index in [1.54, 1.807) is 25.3 Å². The molecular formula is C22H20BrN3O4S. The van der Waals surface area contributed by atoms with Crippen LogP contribution in [0.1, 0.15) is 17.7 Å². The van der Waals surface area contributed by atoms with E-state index in [1.165, 1.54) is 10.8 Å². The fourth-order valence-electron chi connectivity index (χ4n) is 2.85. The summed E-state index contributed by atoms with van der Waals surface area (Å²) >= 11 is 4.52. The first kappa shape index (κ1) is 22.7. The van der Waals surface area contributed by atoms with Gasteiger partial charge in [-0.3, -0.25) is 14.2 Å². The average molecular weight is 502 g/mol. The Hall–Kier alpha value is -2.93. The predicted molar refractivity (Wildman–Crippen MR) is 122 cm³/mol. The van der Waals surface area contributed by atoms with E-state index in [9.17, 15) is 14.9 Å². The number of thiazole rings is 1. The molecule has 9 heteroatoms. The highest BCUT2D eigenvalue weighted by Gasteiger charge is 2.16. The van der Waals surface area contributed by atoms with Gasteiger partial charge in [-0.05, 0) is 42.3 Å². The molecular weight excluding hydrogens is 482 g/mol. The number of benzene rings is 1. The molecule has 0 aliphatic carbocycles. The molecule has 0 spiro atoms. The highest BCUT2D eigenvalue weighted by molar-refractivity contribution is 9.10. The number of hydrogen-bond acceptors (Lipinski definition) is 6. The van der Waals surface area contributed by atoms with Crippen molar-refractivity contribution < 1.29 is 13.9 Å². The van der Waals surface area contributed by atoms with Crippen molar-refractivity contribution in [1.29, 1.82) is 5.26 Å². The van der Waals surface area contributed by atoms with Crippen LogP contribution in [0.3, 0.4) is 0 Å². The Bertz CT molecular complexity index is 1250. The third-order valence-electron chi connectivity index (χ3n) is 4.36. The standard InChI is InChI=1S/C22H20BrN3O4S/c1-29-10-3-9-26-21(28)19(12-15-5-7-16(23)8-6-15)31-22(26)18(13-24)20(27)25-14-17-4-2-11-30-17/h2,4-8,11-12H,3,9-10,14H2,1H3,(H,25,27). The van der Waals surface area contributed by atoms with Gasteiger partial charge in [0.1, 0.15) is 16.5 Å². The number of nitrogens with zero attached hydrogens (tertiary/aromatic N) is 2. The van der Waals surface area contributed by atoms with Gasteiger partial charge in [0.05, 0.1) is 17.3 Å². The molecule has 0 bridgehead atoms. The van der Waals surface area contributed by atoms with Gasteiger partial charge in [0.15, 0.2) is 5.57 Å². The van der Waals surface area contributed by atoms with Gasteiger partial charge in [0.2, 0.25) is 0 Å². The van der Waals surface area contributed by atoms with Gasteiger partial charge >= 0.3 is 0 Å². The molecule has 0 radical (unpaired) electrons. The normalized spacial score (nSPS) is 12.5. The zero-order valence-electron chi connectivity index (χ0n) is 16.8. The molecule has 0 fully saturated rings. The van der Waals surface area contributed by atoms with Crippen LogP contribution in [0.25, 0.3) is 11.6 Å². The minimum absolute atomic E-state index is 0.110. The van der Waals surface area contributed by atoms with Gasteiger partial charge in [-0.2, -0.15) is 5.26 Å². The number of carbonyl (C=O) groups is 1. The van der Waals surface area contributed by atoms with Crippen LogP contribution in [-0.2, 0) is 22.6 Å². The van der Waals surface area contributed by atoms with Gasteiger partial charge in [0.25, 0.3) is 11.5 Å². The van der Waals surface area contributed by atoms with Crippen LogP contribution in [0.4, 0.5) is 0 Å². The molecule has 3 aromatic rings. The number of methoxy groups -OCH3 is 1. The smallest absolute Gasteiger partial charge is 0.269 e. The highest BCUT2D eigenvalue weighted by atomic mass is 79.9. The summed E-state index contributed by atoms with van der Waals surface area (Å²) < 4.78 is 13.5. The van der Waals surface area contributed by atoms with Crippen molar-refractivity contribution in [2.24, 2.45) is 0 Å². The molecule has 1 aromatic carbocycles. The lowest BCUT2D eigenvalue weighted by Crippen LogP contribution is -2.35. The van der Waals surface area contributed by atoms with Crippen LogP contribution in [-0.4, -0.2) is 24.2 Å². The third-order valence-corrected chi connectivity index (χ3v) is 6.02. The summed E-state index contributed by atoms with van der Waals surface area (Å²) in [4.78, 5) is 25.8. The van der Waals surface area contributed by atoms with Crippen molar-refractivity contribution in [1.82, 2.24) is 9.88 Å². The Balaban J connectivity index is 2.06. The highest BCUT2D eigenvalue weighted by Crippen LogP contribution is 2.10. The minimum Gasteiger partial charge on any atom is -0.467 e. The summed E-state index contributed by atoms with van der Waals surface area (Å²) in [5.41, 5.74) is 0.491. The number of rotatable bonds is 8. The summed E-state index contributed by atoms with van der Waals surface area (Å²) in [7, 11) is 1.58. The van der Waals surface area contributed by atoms with Crippen LogP contribution < -0.4 is 20.1 Å². The van der Waals surface area contributed by atoms with Crippen LogP contribution in [0.2, 0.25) is 0 Å². The van der Waals surface area contributed by atoms with E-state index in [0.29, 0.717) is 34.5 Å². The maximum absolute atomic E-state index is 13.1. The molecule has 0 unspecified atom stereocenters. The lowest BCUT2D eigenvalue weighted by molar-refractivity contribution is -0.115. The first-order valence-electron chi connectivity index (χ1n) is 9.44. The number of nitrogens with one attached hydrogen (secondary N) is 1. The summed E-state index contributed by atoms with van der Waals surface area (Å²) in [6, 6.07) is 12.9. The van der Waals surface area contributed by atoms with E-state index in [0.717, 1.165) is 21.4 Å². The predicted octanol–water partition coefficient (Wildman–Crippen LogP) is 2.12. The van der Waals surface area contributed by atoms with Gasteiger partial charge in [-0.1, -0.05) is 28.1 Å². The van der Waals surface area contributed by atoms with Crippen LogP contribution in [0.15, 0.2) is 56.3 Å². The molecule has 31 heavy (non-hydrogen) atoms. The third kappa shape index (κ3) is 5.82. The number of ether oxygens (including phenoxy) is 1. The summed E-state index contributed by atoms with van der Waals surface area (Å²) in [5, 5.41) is 12.4. The zero-order valence-corrected chi connectivity index (χ0v) is 19.2. The van der Waals surface area contributed by atoms with Gasteiger partial charge in [0, 0.05) is 24.7 Å². The number of carbonyl (C=O) groups excluding carboxylic acids is 1. The number of aromatic nitrogens is 1. The summed E-state index contributed by atoms with van der Waals surface area (Å²) in [6.07, 6.45) is 3.84. The quantitative estimate of drug-likeness (QED) is 0.476. The van der Waals surface area contributed by atoms with E-state index in [1.807, 2.05) is 30.3 Å². The fourth-order valence-corrected chi connectivity index (χ4v) is 4.24. The second-order valence-electron chi connectivity index (χ2n) is 6.52. The molecule has 160 valence electrons. The van der Waals surface area contributed by atoms with Crippen molar-refractivity contribution in [2.75, 3.05) is 13.7 Å². The van der Waals surface area contributed by atoms with E-state index >= 15 is 0 Å². The number of nitriles is 1. The van der Waals surface area contributed by atoms with Crippen molar-refractivity contribution >= 4 is 44.8 Å². The maximum Gasteiger partial charge on any atom is 0.269 e. The SMILES string of the molecule is COCCCn1c(=C(C#N)C(=O)NCc2ccco2)sc(=Cc2ccc(Br)cc2)c1=O. The molecule has 0 atom stereocenters. The first-order valence-corrected chi connectivity index (χ1v) is 11.0. The zero-order chi connectivity index (χ0) is 22.2.